The Morgan fingerprint density at radius 3 is 2.43 bits per heavy atom. The number of rotatable bonds is 8. The molecular formula is C23H39IN4O2. The summed E-state index contributed by atoms with van der Waals surface area (Å²) in [4.78, 5) is 21.5. The van der Waals surface area contributed by atoms with E-state index >= 15 is 0 Å². The first-order valence-electron chi connectivity index (χ1n) is 10.9. The van der Waals surface area contributed by atoms with Crippen LogP contribution in [0, 0.1) is 5.92 Å². The Balaban J connectivity index is 0.00000450. The molecule has 0 aliphatic carbocycles. The monoisotopic (exact) mass is 530 g/mol. The van der Waals surface area contributed by atoms with Gasteiger partial charge in [-0.05, 0) is 58.7 Å². The Morgan fingerprint density at radius 1 is 1.23 bits per heavy atom. The zero-order valence-electron chi connectivity index (χ0n) is 19.2. The van der Waals surface area contributed by atoms with Gasteiger partial charge in [0.25, 0.3) is 0 Å². The van der Waals surface area contributed by atoms with E-state index in [4.69, 9.17) is 9.73 Å². The van der Waals surface area contributed by atoms with Crippen LogP contribution in [0.25, 0.3) is 0 Å². The molecule has 1 aromatic carbocycles. The largest absolute Gasteiger partial charge is 0.466 e. The van der Waals surface area contributed by atoms with Gasteiger partial charge in [-0.25, -0.2) is 4.99 Å². The molecule has 1 aliphatic rings. The standard InChI is InChI=1S/C23H38N4O2.HI/c1-6-24-23(27-14-12-19(13-15-27)22(28)29-7-2)25-16-20-10-8-9-11-21(20)17-26(5)18(3)4;/h8-11,18-19H,6-7,12-17H2,1-5H3,(H,24,25);1H. The number of ether oxygens (including phenoxy) is 1. The molecule has 0 saturated carbocycles. The molecule has 0 unspecified atom stereocenters. The Bertz CT molecular complexity index is 673. The number of likely N-dealkylation sites (tertiary alicyclic amines) is 1. The summed E-state index contributed by atoms with van der Waals surface area (Å²) in [6, 6.07) is 9.05. The summed E-state index contributed by atoms with van der Waals surface area (Å²) in [5.41, 5.74) is 2.58. The van der Waals surface area contributed by atoms with Crippen molar-refractivity contribution in [2.45, 2.75) is 59.7 Å². The second-order valence-corrected chi connectivity index (χ2v) is 7.96. The number of halogens is 1. The number of hydrogen-bond acceptors (Lipinski definition) is 4. The SMILES string of the molecule is CCNC(=NCc1ccccc1CN(C)C(C)C)N1CCC(C(=O)OCC)CC1.I. The van der Waals surface area contributed by atoms with Gasteiger partial charge in [-0.15, -0.1) is 24.0 Å². The van der Waals surface area contributed by atoms with E-state index in [1.165, 1.54) is 11.1 Å². The van der Waals surface area contributed by atoms with Crippen molar-refractivity contribution < 1.29 is 9.53 Å². The van der Waals surface area contributed by atoms with E-state index in [-0.39, 0.29) is 35.9 Å². The second-order valence-electron chi connectivity index (χ2n) is 7.96. The van der Waals surface area contributed by atoms with Gasteiger partial charge in [-0.1, -0.05) is 24.3 Å². The lowest BCUT2D eigenvalue weighted by molar-refractivity contribution is -0.149. The van der Waals surface area contributed by atoms with Crippen LogP contribution in [0.15, 0.2) is 29.3 Å². The van der Waals surface area contributed by atoms with Gasteiger partial charge in [0.2, 0.25) is 0 Å². The van der Waals surface area contributed by atoms with E-state index < -0.39 is 0 Å². The van der Waals surface area contributed by atoms with Gasteiger partial charge < -0.3 is 15.0 Å². The summed E-state index contributed by atoms with van der Waals surface area (Å²) in [7, 11) is 2.16. The molecule has 6 nitrogen and oxygen atoms in total. The van der Waals surface area contributed by atoms with Crippen LogP contribution in [0.5, 0.6) is 0 Å². The molecule has 0 atom stereocenters. The molecule has 1 aliphatic heterocycles. The van der Waals surface area contributed by atoms with Gasteiger partial charge in [-0.2, -0.15) is 0 Å². The third-order valence-corrected chi connectivity index (χ3v) is 5.57. The molecule has 0 amide bonds. The van der Waals surface area contributed by atoms with Crippen LogP contribution in [-0.2, 0) is 22.6 Å². The molecule has 0 bridgehead atoms. The highest BCUT2D eigenvalue weighted by atomic mass is 127. The molecule has 1 heterocycles. The molecule has 1 fully saturated rings. The number of carbonyl (C=O) groups is 1. The lowest BCUT2D eigenvalue weighted by Gasteiger charge is -2.33. The van der Waals surface area contributed by atoms with Gasteiger partial charge in [-0.3, -0.25) is 9.69 Å². The molecule has 0 spiro atoms. The molecular weight excluding hydrogens is 491 g/mol. The summed E-state index contributed by atoms with van der Waals surface area (Å²) in [5.74, 6) is 0.889. The first-order valence-corrected chi connectivity index (χ1v) is 10.9. The van der Waals surface area contributed by atoms with Crippen LogP contribution in [-0.4, -0.2) is 61.1 Å². The van der Waals surface area contributed by atoms with Crippen molar-refractivity contribution in [1.82, 2.24) is 15.1 Å². The minimum atomic E-state index is -0.0581. The average Bonchev–Trinajstić information content (AvgIpc) is 2.72. The maximum absolute atomic E-state index is 12.0. The maximum atomic E-state index is 12.0. The molecule has 7 heteroatoms. The normalized spacial score (nSPS) is 15.3. The quantitative estimate of drug-likeness (QED) is 0.239. The van der Waals surface area contributed by atoms with Crippen molar-refractivity contribution in [2.75, 3.05) is 33.3 Å². The zero-order chi connectivity index (χ0) is 21.2. The number of carbonyl (C=O) groups excluding carboxylic acids is 1. The molecule has 30 heavy (non-hydrogen) atoms. The number of piperidine rings is 1. The van der Waals surface area contributed by atoms with E-state index in [1.807, 2.05) is 6.92 Å². The predicted octanol–water partition coefficient (Wildman–Crippen LogP) is 3.89. The fourth-order valence-corrected chi connectivity index (χ4v) is 3.49. The number of aliphatic imine (C=N–C) groups is 1. The summed E-state index contributed by atoms with van der Waals surface area (Å²) < 4.78 is 5.18. The van der Waals surface area contributed by atoms with E-state index in [0.29, 0.717) is 19.2 Å². The number of benzene rings is 1. The van der Waals surface area contributed by atoms with Crippen LogP contribution in [0.1, 0.15) is 51.7 Å². The van der Waals surface area contributed by atoms with Gasteiger partial charge in [0.1, 0.15) is 0 Å². The molecule has 1 N–H and O–H groups in total. The van der Waals surface area contributed by atoms with Crippen molar-refractivity contribution in [3.05, 3.63) is 35.4 Å². The highest BCUT2D eigenvalue weighted by molar-refractivity contribution is 14.0. The minimum Gasteiger partial charge on any atom is -0.466 e. The van der Waals surface area contributed by atoms with Crippen LogP contribution in [0.2, 0.25) is 0 Å². The number of guanidine groups is 1. The van der Waals surface area contributed by atoms with Crippen molar-refractivity contribution >= 4 is 35.9 Å². The van der Waals surface area contributed by atoms with Crippen LogP contribution >= 0.6 is 24.0 Å². The zero-order valence-corrected chi connectivity index (χ0v) is 21.5. The van der Waals surface area contributed by atoms with Crippen LogP contribution in [0.3, 0.4) is 0 Å². The summed E-state index contributed by atoms with van der Waals surface area (Å²) >= 11 is 0. The molecule has 0 aromatic heterocycles. The molecule has 170 valence electrons. The Kier molecular flexibility index (Phi) is 12.3. The van der Waals surface area contributed by atoms with E-state index in [1.54, 1.807) is 0 Å². The minimum absolute atomic E-state index is 0. The van der Waals surface area contributed by atoms with E-state index in [2.05, 4.69) is 67.2 Å². The van der Waals surface area contributed by atoms with Gasteiger partial charge in [0, 0.05) is 32.2 Å². The lowest BCUT2D eigenvalue weighted by Crippen LogP contribution is -2.46. The third-order valence-electron chi connectivity index (χ3n) is 5.57. The van der Waals surface area contributed by atoms with E-state index in [0.717, 1.165) is 45.0 Å². The first-order chi connectivity index (χ1) is 14.0. The van der Waals surface area contributed by atoms with Crippen LogP contribution in [0.4, 0.5) is 0 Å². The number of esters is 1. The highest BCUT2D eigenvalue weighted by Crippen LogP contribution is 2.19. The number of nitrogens with one attached hydrogen (secondary N) is 1. The Morgan fingerprint density at radius 2 is 1.87 bits per heavy atom. The first kappa shape index (κ1) is 26.7. The van der Waals surface area contributed by atoms with Crippen molar-refractivity contribution in [3.63, 3.8) is 0 Å². The predicted molar refractivity (Wildman–Crippen MR) is 134 cm³/mol. The third kappa shape index (κ3) is 8.06. The molecule has 1 saturated heterocycles. The Labute approximate surface area is 199 Å². The Hall–Kier alpha value is -1.35. The fraction of sp³-hybridized carbons (Fsp3) is 0.652. The van der Waals surface area contributed by atoms with Crippen molar-refractivity contribution in [1.29, 1.82) is 0 Å². The molecule has 1 aromatic rings. The smallest absolute Gasteiger partial charge is 0.309 e. The van der Waals surface area contributed by atoms with Crippen LogP contribution < -0.4 is 5.32 Å². The van der Waals surface area contributed by atoms with E-state index in [9.17, 15) is 4.79 Å². The lowest BCUT2D eigenvalue weighted by atomic mass is 9.97. The maximum Gasteiger partial charge on any atom is 0.309 e. The highest BCUT2D eigenvalue weighted by Gasteiger charge is 2.27. The molecule has 0 radical (unpaired) electrons. The fourth-order valence-electron chi connectivity index (χ4n) is 3.49. The van der Waals surface area contributed by atoms with Crippen molar-refractivity contribution in [3.8, 4) is 0 Å². The number of hydrogen-bond donors (Lipinski definition) is 1. The number of nitrogens with zero attached hydrogens (tertiary/aromatic N) is 3. The summed E-state index contributed by atoms with van der Waals surface area (Å²) in [6.07, 6.45) is 1.64. The van der Waals surface area contributed by atoms with Crippen molar-refractivity contribution in [2.24, 2.45) is 10.9 Å². The average molecular weight is 530 g/mol. The summed E-state index contributed by atoms with van der Waals surface area (Å²) in [6.45, 7) is 12.9. The topological polar surface area (TPSA) is 57.2 Å². The van der Waals surface area contributed by atoms with Gasteiger partial charge in [0.05, 0.1) is 19.1 Å². The molecule has 2 rings (SSSR count). The summed E-state index contributed by atoms with van der Waals surface area (Å²) in [5, 5.41) is 3.42. The van der Waals surface area contributed by atoms with Gasteiger partial charge in [0.15, 0.2) is 5.96 Å². The van der Waals surface area contributed by atoms with Gasteiger partial charge >= 0.3 is 5.97 Å². The second kappa shape index (κ2) is 13.9.